The van der Waals surface area contributed by atoms with Gasteiger partial charge in [0.2, 0.25) is 0 Å². The van der Waals surface area contributed by atoms with Crippen molar-refractivity contribution in [3.63, 3.8) is 0 Å². The standard InChI is InChI=1S/C20H18ClNO5/c1-3-27-13-6-4-12(5-7-13)20(26)22-11(2)14(9-19(24)25)15-8-18(23)16(21)10-17(15)22/h4-8,10,23H,3,9H2,1-2H3,(H,24,25). The maximum atomic E-state index is 13.1. The second-order valence-electron chi connectivity index (χ2n) is 6.05. The number of aliphatic carboxylic acids is 1. The number of fused-ring (bicyclic) bond motifs is 1. The summed E-state index contributed by atoms with van der Waals surface area (Å²) in [5, 5.41) is 19.7. The summed E-state index contributed by atoms with van der Waals surface area (Å²) >= 11 is 6.03. The number of carbonyl (C=O) groups is 2. The number of aromatic hydroxyl groups is 1. The van der Waals surface area contributed by atoms with Crippen molar-refractivity contribution >= 4 is 34.4 Å². The van der Waals surface area contributed by atoms with E-state index < -0.39 is 5.97 Å². The van der Waals surface area contributed by atoms with Crippen molar-refractivity contribution in [2.24, 2.45) is 0 Å². The molecular formula is C20H18ClNO5. The van der Waals surface area contributed by atoms with Gasteiger partial charge in [-0.2, -0.15) is 0 Å². The smallest absolute Gasteiger partial charge is 0.307 e. The molecule has 0 amide bonds. The third-order valence-corrected chi connectivity index (χ3v) is 4.65. The Hall–Kier alpha value is -2.99. The molecule has 7 heteroatoms. The van der Waals surface area contributed by atoms with E-state index >= 15 is 0 Å². The topological polar surface area (TPSA) is 88.8 Å². The van der Waals surface area contributed by atoms with Gasteiger partial charge in [-0.05, 0) is 55.8 Å². The largest absolute Gasteiger partial charge is 0.506 e. The molecule has 6 nitrogen and oxygen atoms in total. The predicted molar refractivity (Wildman–Crippen MR) is 102 cm³/mol. The van der Waals surface area contributed by atoms with E-state index in [-0.39, 0.29) is 23.1 Å². The van der Waals surface area contributed by atoms with Crippen LogP contribution in [0.4, 0.5) is 0 Å². The zero-order valence-corrected chi connectivity index (χ0v) is 15.6. The number of hydrogen-bond donors (Lipinski definition) is 2. The van der Waals surface area contributed by atoms with Gasteiger partial charge in [0.1, 0.15) is 11.5 Å². The molecule has 0 unspecified atom stereocenters. The molecule has 2 aromatic carbocycles. The molecular weight excluding hydrogens is 370 g/mol. The molecule has 140 valence electrons. The maximum absolute atomic E-state index is 13.1. The second kappa shape index (κ2) is 7.32. The Morgan fingerprint density at radius 1 is 1.19 bits per heavy atom. The van der Waals surface area contributed by atoms with E-state index in [1.54, 1.807) is 31.2 Å². The van der Waals surface area contributed by atoms with Crippen LogP contribution >= 0.6 is 11.6 Å². The number of phenols is 1. The average Bonchev–Trinajstić information content (AvgIpc) is 2.87. The third kappa shape index (κ3) is 3.48. The Labute approximate surface area is 160 Å². The molecule has 1 aromatic heterocycles. The lowest BCUT2D eigenvalue weighted by Gasteiger charge is -2.09. The Kier molecular flexibility index (Phi) is 5.10. The first kappa shape index (κ1) is 18.8. The first-order valence-electron chi connectivity index (χ1n) is 8.35. The van der Waals surface area contributed by atoms with Crippen LogP contribution in [-0.2, 0) is 11.2 Å². The van der Waals surface area contributed by atoms with Crippen LogP contribution in [0.25, 0.3) is 10.9 Å². The summed E-state index contributed by atoms with van der Waals surface area (Å²) in [6.45, 7) is 4.07. The summed E-state index contributed by atoms with van der Waals surface area (Å²) in [4.78, 5) is 24.4. The highest BCUT2D eigenvalue weighted by Crippen LogP contribution is 2.35. The summed E-state index contributed by atoms with van der Waals surface area (Å²) < 4.78 is 6.81. The summed E-state index contributed by atoms with van der Waals surface area (Å²) in [5.74, 6) is -0.858. The number of phenolic OH excluding ortho intramolecular Hbond substituents is 1. The normalized spacial score (nSPS) is 10.9. The summed E-state index contributed by atoms with van der Waals surface area (Å²) in [5.41, 5.74) is 1.83. The van der Waals surface area contributed by atoms with Gasteiger partial charge < -0.3 is 14.9 Å². The van der Waals surface area contributed by atoms with E-state index in [2.05, 4.69) is 0 Å². The minimum atomic E-state index is -1.03. The van der Waals surface area contributed by atoms with Gasteiger partial charge in [0.25, 0.3) is 5.91 Å². The van der Waals surface area contributed by atoms with E-state index in [1.165, 1.54) is 16.7 Å². The number of rotatable bonds is 5. The highest BCUT2D eigenvalue weighted by molar-refractivity contribution is 6.33. The molecule has 27 heavy (non-hydrogen) atoms. The number of hydrogen-bond acceptors (Lipinski definition) is 4. The molecule has 0 aliphatic heterocycles. The zero-order chi connectivity index (χ0) is 19.7. The number of carboxylic acid groups (broad SMARTS) is 1. The van der Waals surface area contributed by atoms with Gasteiger partial charge in [0.05, 0.1) is 23.6 Å². The molecule has 0 bridgehead atoms. The van der Waals surface area contributed by atoms with Gasteiger partial charge in [-0.25, -0.2) is 0 Å². The van der Waals surface area contributed by atoms with Crippen LogP contribution in [-0.4, -0.2) is 33.3 Å². The van der Waals surface area contributed by atoms with Gasteiger partial charge in [-0.15, -0.1) is 0 Å². The number of ether oxygens (including phenoxy) is 1. The highest BCUT2D eigenvalue weighted by atomic mass is 35.5. The second-order valence-corrected chi connectivity index (χ2v) is 6.46. The Morgan fingerprint density at radius 3 is 2.44 bits per heavy atom. The van der Waals surface area contributed by atoms with E-state index in [4.69, 9.17) is 16.3 Å². The molecule has 0 spiro atoms. The number of benzene rings is 2. The van der Waals surface area contributed by atoms with Crippen molar-refractivity contribution in [2.75, 3.05) is 6.61 Å². The van der Waals surface area contributed by atoms with Crippen molar-refractivity contribution in [3.8, 4) is 11.5 Å². The van der Waals surface area contributed by atoms with Gasteiger partial charge in [0, 0.05) is 16.6 Å². The molecule has 0 aliphatic rings. The van der Waals surface area contributed by atoms with Crippen LogP contribution in [0, 0.1) is 6.92 Å². The summed E-state index contributed by atoms with van der Waals surface area (Å²) in [6, 6.07) is 9.57. The minimum absolute atomic E-state index is 0.0858. The fraction of sp³-hybridized carbons (Fsp3) is 0.200. The Morgan fingerprint density at radius 2 is 1.85 bits per heavy atom. The minimum Gasteiger partial charge on any atom is -0.506 e. The molecule has 2 N–H and O–H groups in total. The van der Waals surface area contributed by atoms with Gasteiger partial charge in [-0.3, -0.25) is 14.2 Å². The molecule has 3 rings (SSSR count). The van der Waals surface area contributed by atoms with Crippen molar-refractivity contribution < 1.29 is 24.5 Å². The van der Waals surface area contributed by atoms with Crippen LogP contribution in [0.15, 0.2) is 36.4 Å². The highest BCUT2D eigenvalue weighted by Gasteiger charge is 2.22. The van der Waals surface area contributed by atoms with Crippen molar-refractivity contribution in [1.29, 1.82) is 0 Å². The third-order valence-electron chi connectivity index (χ3n) is 4.35. The summed E-state index contributed by atoms with van der Waals surface area (Å²) in [7, 11) is 0. The molecule has 0 saturated heterocycles. The van der Waals surface area contributed by atoms with Crippen LogP contribution in [0.1, 0.15) is 28.5 Å². The maximum Gasteiger partial charge on any atom is 0.307 e. The number of nitrogens with zero attached hydrogens (tertiary/aromatic N) is 1. The number of aromatic nitrogens is 1. The van der Waals surface area contributed by atoms with E-state index in [0.29, 0.717) is 40.1 Å². The van der Waals surface area contributed by atoms with Crippen LogP contribution in [0.5, 0.6) is 11.5 Å². The monoisotopic (exact) mass is 387 g/mol. The van der Waals surface area contributed by atoms with Gasteiger partial charge in [0.15, 0.2) is 0 Å². The molecule has 0 atom stereocenters. The molecule has 0 saturated carbocycles. The van der Waals surface area contributed by atoms with E-state index in [0.717, 1.165) is 0 Å². The molecule has 0 fully saturated rings. The van der Waals surface area contributed by atoms with Gasteiger partial charge >= 0.3 is 5.97 Å². The van der Waals surface area contributed by atoms with Crippen LogP contribution in [0.2, 0.25) is 5.02 Å². The lowest BCUT2D eigenvalue weighted by Crippen LogP contribution is -2.14. The molecule has 0 aliphatic carbocycles. The van der Waals surface area contributed by atoms with Gasteiger partial charge in [-0.1, -0.05) is 11.6 Å². The Balaban J connectivity index is 2.17. The van der Waals surface area contributed by atoms with Crippen LogP contribution < -0.4 is 4.74 Å². The van der Waals surface area contributed by atoms with Crippen LogP contribution in [0.3, 0.4) is 0 Å². The van der Waals surface area contributed by atoms with Crippen molar-refractivity contribution in [3.05, 3.63) is 58.2 Å². The molecule has 1 heterocycles. The molecule has 0 radical (unpaired) electrons. The first-order valence-corrected chi connectivity index (χ1v) is 8.73. The van der Waals surface area contributed by atoms with E-state index in [9.17, 15) is 19.8 Å². The van der Waals surface area contributed by atoms with Crippen molar-refractivity contribution in [1.82, 2.24) is 4.57 Å². The Bertz CT molecular complexity index is 1040. The van der Waals surface area contributed by atoms with Crippen molar-refractivity contribution in [2.45, 2.75) is 20.3 Å². The van der Waals surface area contributed by atoms with E-state index in [1.807, 2.05) is 6.92 Å². The molecule has 3 aromatic rings. The lowest BCUT2D eigenvalue weighted by molar-refractivity contribution is -0.136. The number of carboxylic acids is 1. The predicted octanol–water partition coefficient (Wildman–Crippen LogP) is 4.02. The SMILES string of the molecule is CCOc1ccc(C(=O)n2c(C)c(CC(=O)O)c3cc(O)c(Cl)cc32)cc1. The lowest BCUT2D eigenvalue weighted by atomic mass is 10.1. The number of halogens is 1. The fourth-order valence-electron chi connectivity index (χ4n) is 3.11. The quantitative estimate of drug-likeness (QED) is 0.690. The fourth-order valence-corrected chi connectivity index (χ4v) is 3.27. The first-order chi connectivity index (χ1) is 12.8. The zero-order valence-electron chi connectivity index (χ0n) is 14.8. The average molecular weight is 388 g/mol. The summed E-state index contributed by atoms with van der Waals surface area (Å²) in [6.07, 6.45) is -0.271. The number of carbonyl (C=O) groups excluding carboxylic acids is 1.